The minimum absolute atomic E-state index is 0.0448. The number of hydrogen-bond acceptors (Lipinski definition) is 4. The summed E-state index contributed by atoms with van der Waals surface area (Å²) in [4.78, 5) is 28.2. The molecule has 0 atom stereocenters. The second-order valence-corrected chi connectivity index (χ2v) is 13.6. The van der Waals surface area contributed by atoms with Gasteiger partial charge in [0.05, 0.1) is 13.2 Å². The molecule has 0 saturated carbocycles. The summed E-state index contributed by atoms with van der Waals surface area (Å²) in [5.74, 6) is -0.263. The Morgan fingerprint density at radius 3 is 2.44 bits per heavy atom. The Balaban J connectivity index is 3.16. The molecule has 1 heterocycles. The first-order valence-electron chi connectivity index (χ1n) is 9.73. The van der Waals surface area contributed by atoms with E-state index in [9.17, 15) is 9.59 Å². The number of nitrogens with one attached hydrogen (secondary N) is 2. The lowest BCUT2D eigenvalue weighted by Gasteiger charge is -2.36. The van der Waals surface area contributed by atoms with Crippen molar-refractivity contribution < 1.29 is 14.0 Å². The Morgan fingerprint density at radius 1 is 1.30 bits per heavy atom. The predicted octanol–water partition coefficient (Wildman–Crippen LogP) is 4.21. The van der Waals surface area contributed by atoms with Crippen LogP contribution in [0.5, 0.6) is 5.75 Å². The van der Waals surface area contributed by atoms with Gasteiger partial charge in [-0.1, -0.05) is 34.1 Å². The van der Waals surface area contributed by atoms with Crippen molar-refractivity contribution in [1.82, 2.24) is 10.3 Å². The van der Waals surface area contributed by atoms with E-state index in [0.717, 1.165) is 12.8 Å². The van der Waals surface area contributed by atoms with Crippen molar-refractivity contribution in [3.8, 4) is 5.75 Å². The highest BCUT2D eigenvalue weighted by molar-refractivity contribution is 6.74. The molecule has 0 radical (unpaired) electrons. The standard InChI is InChI=1S/C20H36N2O4Si/c1-9-10-11-25-18-16(23)12-15(13-26-27(7,8)20(4,5)6)22-17(18)19(24)21-14(2)3/h12,14H,9-11,13H2,1-8H3,(H,21,24)(H,22,23). The Morgan fingerprint density at radius 2 is 1.93 bits per heavy atom. The molecule has 0 spiro atoms. The monoisotopic (exact) mass is 396 g/mol. The average Bonchev–Trinajstić information content (AvgIpc) is 2.52. The molecule has 1 aromatic heterocycles. The maximum Gasteiger partial charge on any atom is 0.271 e. The second-order valence-electron chi connectivity index (χ2n) is 8.74. The third kappa shape index (κ3) is 6.81. The number of carbonyl (C=O) groups is 1. The summed E-state index contributed by atoms with van der Waals surface area (Å²) in [6.45, 7) is 17.2. The van der Waals surface area contributed by atoms with Crippen LogP contribution in [0.1, 0.15) is 70.6 Å². The lowest BCUT2D eigenvalue weighted by molar-refractivity contribution is 0.0932. The molecular weight excluding hydrogens is 360 g/mol. The van der Waals surface area contributed by atoms with Crippen LogP contribution in [0.15, 0.2) is 10.9 Å². The minimum atomic E-state index is -1.97. The van der Waals surface area contributed by atoms with Crippen molar-refractivity contribution in [2.75, 3.05) is 6.61 Å². The molecule has 154 valence electrons. The number of aromatic nitrogens is 1. The minimum Gasteiger partial charge on any atom is -0.487 e. The fourth-order valence-electron chi connectivity index (χ4n) is 2.11. The van der Waals surface area contributed by atoms with Gasteiger partial charge in [0.25, 0.3) is 5.91 Å². The highest BCUT2D eigenvalue weighted by atomic mass is 28.4. The number of H-pyrrole nitrogens is 1. The van der Waals surface area contributed by atoms with Crippen LogP contribution in [0.2, 0.25) is 18.1 Å². The van der Waals surface area contributed by atoms with Gasteiger partial charge >= 0.3 is 0 Å². The molecule has 27 heavy (non-hydrogen) atoms. The number of hydrogen-bond donors (Lipinski definition) is 2. The zero-order valence-electron chi connectivity index (χ0n) is 18.1. The van der Waals surface area contributed by atoms with Gasteiger partial charge in [0.1, 0.15) is 0 Å². The van der Waals surface area contributed by atoms with Crippen molar-refractivity contribution >= 4 is 14.2 Å². The Hall–Kier alpha value is -1.60. The van der Waals surface area contributed by atoms with E-state index in [1.807, 2.05) is 20.8 Å². The van der Waals surface area contributed by atoms with E-state index < -0.39 is 8.32 Å². The third-order valence-corrected chi connectivity index (χ3v) is 9.31. The fourth-order valence-corrected chi connectivity index (χ4v) is 3.06. The number of unbranched alkanes of at least 4 members (excludes halogenated alkanes) is 1. The smallest absolute Gasteiger partial charge is 0.271 e. The van der Waals surface area contributed by atoms with Crippen molar-refractivity contribution in [1.29, 1.82) is 0 Å². The second kappa shape index (κ2) is 9.55. The van der Waals surface area contributed by atoms with Gasteiger partial charge < -0.3 is 19.5 Å². The third-order valence-electron chi connectivity index (χ3n) is 4.83. The Bertz CT molecular complexity index is 690. The van der Waals surface area contributed by atoms with Crippen LogP contribution in [0.25, 0.3) is 0 Å². The van der Waals surface area contributed by atoms with Gasteiger partial charge in [-0.15, -0.1) is 0 Å². The highest BCUT2D eigenvalue weighted by Crippen LogP contribution is 2.37. The summed E-state index contributed by atoms with van der Waals surface area (Å²) in [7, 11) is -1.97. The average molecular weight is 397 g/mol. The normalized spacial score (nSPS) is 12.3. The summed E-state index contributed by atoms with van der Waals surface area (Å²) in [5, 5.41) is 2.88. The molecule has 1 aromatic rings. The molecule has 0 saturated heterocycles. The maximum absolute atomic E-state index is 12.6. The van der Waals surface area contributed by atoms with E-state index in [-0.39, 0.29) is 40.5 Å². The van der Waals surface area contributed by atoms with E-state index in [1.165, 1.54) is 6.07 Å². The summed E-state index contributed by atoms with van der Waals surface area (Å²) >= 11 is 0. The molecule has 1 amide bonds. The largest absolute Gasteiger partial charge is 0.487 e. The Kier molecular flexibility index (Phi) is 8.29. The Labute approximate surface area is 164 Å². The molecule has 1 rings (SSSR count). The summed E-state index contributed by atoms with van der Waals surface area (Å²) in [5.41, 5.74) is 0.454. The molecule has 0 aliphatic rings. The molecule has 0 fully saturated rings. The van der Waals surface area contributed by atoms with Crippen LogP contribution in [-0.4, -0.2) is 31.9 Å². The molecule has 7 heteroatoms. The van der Waals surface area contributed by atoms with Crippen LogP contribution in [-0.2, 0) is 11.0 Å². The molecule has 0 aliphatic heterocycles. The van der Waals surface area contributed by atoms with Gasteiger partial charge in [-0.2, -0.15) is 0 Å². The number of ether oxygens (including phenoxy) is 1. The molecule has 0 aliphatic carbocycles. The van der Waals surface area contributed by atoms with Crippen molar-refractivity contribution in [2.24, 2.45) is 0 Å². The first-order chi connectivity index (χ1) is 12.4. The first-order valence-corrected chi connectivity index (χ1v) is 12.6. The van der Waals surface area contributed by atoms with Gasteiger partial charge in [0, 0.05) is 17.8 Å². The highest BCUT2D eigenvalue weighted by Gasteiger charge is 2.37. The number of amides is 1. The quantitative estimate of drug-likeness (QED) is 0.484. The zero-order valence-corrected chi connectivity index (χ0v) is 19.1. The van der Waals surface area contributed by atoms with Crippen LogP contribution >= 0.6 is 0 Å². The first kappa shape index (κ1) is 23.4. The molecule has 6 nitrogen and oxygen atoms in total. The summed E-state index contributed by atoms with van der Waals surface area (Å²) < 4.78 is 11.8. The van der Waals surface area contributed by atoms with Crippen LogP contribution in [0.4, 0.5) is 0 Å². The lowest BCUT2D eigenvalue weighted by atomic mass is 10.2. The van der Waals surface area contributed by atoms with Gasteiger partial charge in [-0.25, -0.2) is 0 Å². The SMILES string of the molecule is CCCCOc1c(C(=O)NC(C)C)[nH]c(CO[Si](C)(C)C(C)(C)C)cc1=O. The van der Waals surface area contributed by atoms with Crippen LogP contribution < -0.4 is 15.5 Å². The van der Waals surface area contributed by atoms with E-state index in [4.69, 9.17) is 9.16 Å². The summed E-state index contributed by atoms with van der Waals surface area (Å²) in [6.07, 6.45) is 1.77. The maximum atomic E-state index is 12.6. The zero-order chi connectivity index (χ0) is 20.8. The van der Waals surface area contributed by atoms with Gasteiger partial charge in [-0.05, 0) is 38.4 Å². The van der Waals surface area contributed by atoms with Gasteiger partial charge in [-0.3, -0.25) is 9.59 Å². The molecule has 0 bridgehead atoms. The lowest BCUT2D eigenvalue weighted by Crippen LogP contribution is -2.40. The van der Waals surface area contributed by atoms with Gasteiger partial charge in [0.15, 0.2) is 19.8 Å². The van der Waals surface area contributed by atoms with E-state index >= 15 is 0 Å². The van der Waals surface area contributed by atoms with E-state index in [2.05, 4.69) is 44.2 Å². The van der Waals surface area contributed by atoms with E-state index in [1.54, 1.807) is 0 Å². The number of pyridine rings is 1. The van der Waals surface area contributed by atoms with Crippen LogP contribution in [0, 0.1) is 0 Å². The van der Waals surface area contributed by atoms with E-state index in [0.29, 0.717) is 12.3 Å². The fraction of sp³-hybridized carbons (Fsp3) is 0.700. The number of rotatable bonds is 9. The topological polar surface area (TPSA) is 80.4 Å². The van der Waals surface area contributed by atoms with Crippen molar-refractivity contribution in [3.05, 3.63) is 27.7 Å². The number of aromatic amines is 1. The van der Waals surface area contributed by atoms with Gasteiger partial charge in [0.2, 0.25) is 5.43 Å². The van der Waals surface area contributed by atoms with Crippen molar-refractivity contribution in [2.45, 2.75) is 85.2 Å². The van der Waals surface area contributed by atoms with Crippen LogP contribution in [0.3, 0.4) is 0 Å². The number of carbonyl (C=O) groups excluding carboxylic acids is 1. The molecule has 2 N–H and O–H groups in total. The summed E-state index contributed by atoms with van der Waals surface area (Å²) in [6, 6.07) is 1.43. The molecule has 0 unspecified atom stereocenters. The predicted molar refractivity (Wildman–Crippen MR) is 112 cm³/mol. The molecule has 0 aromatic carbocycles. The van der Waals surface area contributed by atoms with Crippen molar-refractivity contribution in [3.63, 3.8) is 0 Å². The molecular formula is C20H36N2O4Si.